The SMILES string of the molecule is CCCCC[C@H](O)/C=C\[C@@H]1CCC(=O)[C@H]1CCCCCCC(=O)O. The molecule has 1 aliphatic rings. The molecule has 1 saturated carbocycles. The Balaban J connectivity index is 2.28. The van der Waals surface area contributed by atoms with E-state index in [1.807, 2.05) is 6.08 Å². The van der Waals surface area contributed by atoms with Gasteiger partial charge in [-0.25, -0.2) is 0 Å². The highest BCUT2D eigenvalue weighted by Crippen LogP contribution is 2.34. The van der Waals surface area contributed by atoms with Crippen LogP contribution in [0.25, 0.3) is 0 Å². The van der Waals surface area contributed by atoms with Crippen molar-refractivity contribution in [1.82, 2.24) is 0 Å². The van der Waals surface area contributed by atoms with Gasteiger partial charge in [0.2, 0.25) is 0 Å². The maximum Gasteiger partial charge on any atom is 0.303 e. The van der Waals surface area contributed by atoms with E-state index < -0.39 is 5.97 Å². The molecular weight excluding hydrogens is 304 g/mol. The van der Waals surface area contributed by atoms with Crippen molar-refractivity contribution in [2.45, 2.75) is 90.1 Å². The summed E-state index contributed by atoms with van der Waals surface area (Å²) in [4.78, 5) is 22.5. The number of aliphatic hydroxyl groups excluding tert-OH is 1. The summed E-state index contributed by atoms with van der Waals surface area (Å²) in [5.74, 6) is 0.000218. The van der Waals surface area contributed by atoms with Gasteiger partial charge in [0.15, 0.2) is 0 Å². The first-order valence-corrected chi connectivity index (χ1v) is 9.65. The first-order valence-electron chi connectivity index (χ1n) is 9.65. The first kappa shape index (κ1) is 20.9. The summed E-state index contributed by atoms with van der Waals surface area (Å²) >= 11 is 0. The van der Waals surface area contributed by atoms with Crippen molar-refractivity contribution in [3.8, 4) is 0 Å². The van der Waals surface area contributed by atoms with E-state index in [9.17, 15) is 14.7 Å². The van der Waals surface area contributed by atoms with Crippen LogP contribution in [0.3, 0.4) is 0 Å². The Bertz CT molecular complexity index is 402. The third-order valence-electron chi connectivity index (χ3n) is 4.99. The molecule has 0 heterocycles. The van der Waals surface area contributed by atoms with E-state index >= 15 is 0 Å². The van der Waals surface area contributed by atoms with Crippen LogP contribution in [-0.4, -0.2) is 28.1 Å². The summed E-state index contributed by atoms with van der Waals surface area (Å²) in [5.41, 5.74) is 0. The molecule has 2 N–H and O–H groups in total. The standard InChI is InChI=1S/C20H34O4/c1-2-3-6-9-17(21)14-12-16-13-15-19(22)18(16)10-7-4-5-8-11-20(23)24/h12,14,16-18,21H,2-11,13,15H2,1H3,(H,23,24)/b14-12-/t16-,17+,18+/m1/s1. The zero-order valence-electron chi connectivity index (χ0n) is 15.1. The quantitative estimate of drug-likeness (QED) is 0.383. The number of carboxylic acids is 1. The van der Waals surface area contributed by atoms with Crippen LogP contribution in [0.2, 0.25) is 0 Å². The zero-order chi connectivity index (χ0) is 17.8. The van der Waals surface area contributed by atoms with E-state index in [2.05, 4.69) is 13.0 Å². The molecule has 0 unspecified atom stereocenters. The van der Waals surface area contributed by atoms with Gasteiger partial charge < -0.3 is 10.2 Å². The number of ketones is 1. The number of carbonyl (C=O) groups is 2. The lowest BCUT2D eigenvalue weighted by molar-refractivity contribution is -0.137. The summed E-state index contributed by atoms with van der Waals surface area (Å²) in [6.07, 6.45) is 14.0. The van der Waals surface area contributed by atoms with E-state index in [0.717, 1.165) is 64.2 Å². The first-order chi connectivity index (χ1) is 11.5. The predicted molar refractivity (Wildman–Crippen MR) is 95.8 cm³/mol. The summed E-state index contributed by atoms with van der Waals surface area (Å²) in [5, 5.41) is 18.6. The number of aliphatic hydroxyl groups is 1. The minimum atomic E-state index is -0.733. The van der Waals surface area contributed by atoms with Crippen LogP contribution < -0.4 is 0 Å². The summed E-state index contributed by atoms with van der Waals surface area (Å²) in [7, 11) is 0. The summed E-state index contributed by atoms with van der Waals surface area (Å²) in [6, 6.07) is 0. The van der Waals surface area contributed by atoms with Crippen LogP contribution in [0.1, 0.15) is 84.0 Å². The minimum absolute atomic E-state index is 0.101. The molecule has 0 amide bonds. The third kappa shape index (κ3) is 8.62. The van der Waals surface area contributed by atoms with Crippen molar-refractivity contribution in [3.05, 3.63) is 12.2 Å². The molecule has 4 heteroatoms. The lowest BCUT2D eigenvalue weighted by Gasteiger charge is -2.15. The Morgan fingerprint density at radius 3 is 2.67 bits per heavy atom. The number of unbranched alkanes of at least 4 members (excludes halogenated alkanes) is 5. The Kier molecular flexibility index (Phi) is 10.6. The molecule has 0 radical (unpaired) electrons. The molecule has 0 aromatic carbocycles. The van der Waals surface area contributed by atoms with Gasteiger partial charge in [0.25, 0.3) is 0 Å². The fourth-order valence-electron chi connectivity index (χ4n) is 3.50. The van der Waals surface area contributed by atoms with Gasteiger partial charge in [-0.15, -0.1) is 0 Å². The second kappa shape index (κ2) is 12.2. The fraction of sp³-hybridized carbons (Fsp3) is 0.800. The highest BCUT2D eigenvalue weighted by Gasteiger charge is 2.32. The van der Waals surface area contributed by atoms with Crippen LogP contribution in [0, 0.1) is 11.8 Å². The van der Waals surface area contributed by atoms with Crippen LogP contribution in [0.4, 0.5) is 0 Å². The molecule has 24 heavy (non-hydrogen) atoms. The monoisotopic (exact) mass is 338 g/mol. The van der Waals surface area contributed by atoms with Crippen LogP contribution in [0.15, 0.2) is 12.2 Å². The van der Waals surface area contributed by atoms with E-state index in [1.165, 1.54) is 0 Å². The molecule has 1 fully saturated rings. The zero-order valence-corrected chi connectivity index (χ0v) is 15.1. The second-order valence-electron chi connectivity index (χ2n) is 7.07. The Morgan fingerprint density at radius 1 is 1.21 bits per heavy atom. The Hall–Kier alpha value is -1.16. The summed E-state index contributed by atoms with van der Waals surface area (Å²) in [6.45, 7) is 2.15. The van der Waals surface area contributed by atoms with E-state index in [0.29, 0.717) is 12.2 Å². The van der Waals surface area contributed by atoms with E-state index in [4.69, 9.17) is 5.11 Å². The average Bonchev–Trinajstić information content (AvgIpc) is 2.89. The molecule has 3 atom stereocenters. The molecule has 1 rings (SSSR count). The molecule has 1 aliphatic carbocycles. The topological polar surface area (TPSA) is 74.6 Å². The van der Waals surface area contributed by atoms with E-state index in [-0.39, 0.29) is 24.4 Å². The number of carbonyl (C=O) groups excluding carboxylic acids is 1. The van der Waals surface area contributed by atoms with Crippen LogP contribution in [0.5, 0.6) is 0 Å². The predicted octanol–water partition coefficient (Wildman–Crippen LogP) is 4.50. The third-order valence-corrected chi connectivity index (χ3v) is 4.99. The molecule has 0 saturated heterocycles. The van der Waals surface area contributed by atoms with Crippen molar-refractivity contribution in [2.24, 2.45) is 11.8 Å². The number of hydrogen-bond acceptors (Lipinski definition) is 3. The average molecular weight is 338 g/mol. The molecular formula is C20H34O4. The lowest BCUT2D eigenvalue weighted by Crippen LogP contribution is -2.14. The minimum Gasteiger partial charge on any atom is -0.481 e. The molecule has 138 valence electrons. The molecule has 0 aliphatic heterocycles. The van der Waals surface area contributed by atoms with Crippen molar-refractivity contribution in [3.63, 3.8) is 0 Å². The fourth-order valence-corrected chi connectivity index (χ4v) is 3.50. The van der Waals surface area contributed by atoms with Gasteiger partial charge in [-0.2, -0.15) is 0 Å². The number of allylic oxidation sites excluding steroid dienone is 1. The maximum atomic E-state index is 12.1. The van der Waals surface area contributed by atoms with Gasteiger partial charge in [-0.1, -0.05) is 57.6 Å². The van der Waals surface area contributed by atoms with Gasteiger partial charge in [0, 0.05) is 18.8 Å². The second-order valence-corrected chi connectivity index (χ2v) is 7.07. The number of rotatable bonds is 13. The van der Waals surface area contributed by atoms with Gasteiger partial charge >= 0.3 is 5.97 Å². The van der Waals surface area contributed by atoms with Crippen molar-refractivity contribution >= 4 is 11.8 Å². The van der Waals surface area contributed by atoms with E-state index in [1.54, 1.807) is 0 Å². The molecule has 4 nitrogen and oxygen atoms in total. The molecule has 0 bridgehead atoms. The number of Topliss-reactive ketones (excluding diaryl/α,β-unsaturated/α-hetero) is 1. The van der Waals surface area contributed by atoms with Gasteiger partial charge in [0.05, 0.1) is 6.10 Å². The highest BCUT2D eigenvalue weighted by molar-refractivity contribution is 5.83. The van der Waals surface area contributed by atoms with Gasteiger partial charge in [-0.3, -0.25) is 9.59 Å². The molecule has 0 aromatic rings. The largest absolute Gasteiger partial charge is 0.481 e. The van der Waals surface area contributed by atoms with Crippen molar-refractivity contribution in [2.75, 3.05) is 0 Å². The lowest BCUT2D eigenvalue weighted by atomic mass is 9.89. The Morgan fingerprint density at radius 2 is 1.96 bits per heavy atom. The van der Waals surface area contributed by atoms with Gasteiger partial charge in [0.1, 0.15) is 5.78 Å². The summed E-state index contributed by atoms with van der Waals surface area (Å²) < 4.78 is 0. The normalized spacial score (nSPS) is 22.3. The number of carboxylic acid groups (broad SMARTS) is 1. The van der Waals surface area contributed by atoms with Crippen molar-refractivity contribution in [1.29, 1.82) is 0 Å². The number of hydrogen-bond donors (Lipinski definition) is 2. The van der Waals surface area contributed by atoms with Crippen LogP contribution >= 0.6 is 0 Å². The molecule has 0 spiro atoms. The highest BCUT2D eigenvalue weighted by atomic mass is 16.4. The Labute approximate surface area is 146 Å². The van der Waals surface area contributed by atoms with Crippen LogP contribution in [-0.2, 0) is 9.59 Å². The van der Waals surface area contributed by atoms with Crippen molar-refractivity contribution < 1.29 is 19.8 Å². The number of aliphatic carboxylic acids is 1. The maximum absolute atomic E-state index is 12.1. The smallest absolute Gasteiger partial charge is 0.303 e. The molecule has 0 aromatic heterocycles. The van der Waals surface area contributed by atoms with Gasteiger partial charge in [-0.05, 0) is 31.6 Å².